The second kappa shape index (κ2) is 9.90. The molecule has 0 bridgehead atoms. The van der Waals surface area contributed by atoms with E-state index in [0.717, 1.165) is 58.3 Å². The fraction of sp³-hybridized carbons (Fsp3) is 0.286. The first-order valence-electron chi connectivity index (χ1n) is 11.8. The molecule has 1 atom stereocenters. The van der Waals surface area contributed by atoms with Crippen LogP contribution in [-0.2, 0) is 11.3 Å². The van der Waals surface area contributed by atoms with E-state index in [1.165, 1.54) is 0 Å². The van der Waals surface area contributed by atoms with E-state index in [1.807, 2.05) is 78.6 Å². The fourth-order valence-corrected chi connectivity index (χ4v) is 4.77. The number of carbonyl (C=O) groups is 1. The number of aromatic nitrogens is 2. The van der Waals surface area contributed by atoms with Crippen molar-refractivity contribution in [3.63, 3.8) is 0 Å². The van der Waals surface area contributed by atoms with E-state index < -0.39 is 0 Å². The Bertz CT molecular complexity index is 1300. The molecule has 174 valence electrons. The fourth-order valence-electron chi connectivity index (χ4n) is 4.65. The highest BCUT2D eigenvalue weighted by atomic mass is 35.5. The Morgan fingerprint density at radius 2 is 1.82 bits per heavy atom. The Labute approximate surface area is 204 Å². The Hall–Kier alpha value is -3.31. The summed E-state index contributed by atoms with van der Waals surface area (Å²) >= 11 is 6.10. The predicted molar refractivity (Wildman–Crippen MR) is 137 cm³/mol. The molecule has 6 heteroatoms. The topological polar surface area (TPSA) is 47.4 Å². The molecule has 1 aliphatic heterocycles. The molecule has 1 unspecified atom stereocenters. The number of hydrogen-bond donors (Lipinski definition) is 0. The molecule has 34 heavy (non-hydrogen) atoms. The van der Waals surface area contributed by atoms with Gasteiger partial charge in [-0.1, -0.05) is 41.9 Å². The molecule has 1 aliphatic rings. The number of benzene rings is 3. The molecular formula is C28H28ClN3O2. The number of amides is 1. The first-order chi connectivity index (χ1) is 16.6. The van der Waals surface area contributed by atoms with Crippen LogP contribution in [0.25, 0.3) is 11.0 Å². The van der Waals surface area contributed by atoms with Gasteiger partial charge in [-0.15, -0.1) is 0 Å². The highest BCUT2D eigenvalue weighted by Crippen LogP contribution is 2.33. The molecule has 0 aliphatic carbocycles. The molecule has 0 spiro atoms. The van der Waals surface area contributed by atoms with Crippen LogP contribution in [0.1, 0.15) is 36.6 Å². The summed E-state index contributed by atoms with van der Waals surface area (Å²) in [5.41, 5.74) is 4.07. The monoisotopic (exact) mass is 473 g/mol. The number of para-hydroxylation sites is 3. The summed E-state index contributed by atoms with van der Waals surface area (Å²) in [6, 6.07) is 23.9. The summed E-state index contributed by atoms with van der Waals surface area (Å²) in [7, 11) is 0. The minimum atomic E-state index is 0.0772. The van der Waals surface area contributed by atoms with E-state index in [4.69, 9.17) is 21.3 Å². The molecule has 5 rings (SSSR count). The quantitative estimate of drug-likeness (QED) is 0.279. The van der Waals surface area contributed by atoms with Crippen LogP contribution in [-0.4, -0.2) is 28.6 Å². The molecule has 0 N–H and O–H groups in total. The first-order valence-corrected chi connectivity index (χ1v) is 12.2. The minimum Gasteiger partial charge on any atom is -0.494 e. The molecule has 1 fully saturated rings. The van der Waals surface area contributed by atoms with E-state index in [-0.39, 0.29) is 11.8 Å². The van der Waals surface area contributed by atoms with Crippen LogP contribution in [0.4, 0.5) is 5.69 Å². The lowest BCUT2D eigenvalue weighted by Crippen LogP contribution is -2.24. The number of nitrogens with zero attached hydrogens (tertiary/aromatic N) is 3. The van der Waals surface area contributed by atoms with Gasteiger partial charge in [0.2, 0.25) is 5.91 Å². The number of carbonyl (C=O) groups excluding carboxylic acids is 1. The number of unbranched alkanes of at least 4 members (excludes halogenated alkanes) is 1. The zero-order chi connectivity index (χ0) is 23.5. The number of hydrogen-bond acceptors (Lipinski definition) is 3. The third kappa shape index (κ3) is 4.66. The van der Waals surface area contributed by atoms with Crippen molar-refractivity contribution in [2.24, 2.45) is 0 Å². The normalized spacial score (nSPS) is 15.9. The van der Waals surface area contributed by atoms with Gasteiger partial charge in [0, 0.05) is 36.1 Å². The summed E-state index contributed by atoms with van der Waals surface area (Å²) in [4.78, 5) is 19.7. The van der Waals surface area contributed by atoms with Crippen molar-refractivity contribution in [2.45, 2.75) is 38.6 Å². The molecule has 0 saturated carbocycles. The van der Waals surface area contributed by atoms with E-state index in [2.05, 4.69) is 10.6 Å². The second-order valence-corrected chi connectivity index (χ2v) is 9.23. The van der Waals surface area contributed by atoms with Crippen LogP contribution in [0.2, 0.25) is 5.02 Å². The number of imidazole rings is 1. The van der Waals surface area contributed by atoms with Crippen LogP contribution in [0.3, 0.4) is 0 Å². The standard InChI is InChI=1S/C28H28ClN3O2/c1-20-17-23(13-14-24(20)29)34-16-8-7-15-31-26-12-6-5-11-25(26)30-28(31)21-18-27(33)32(19-21)22-9-3-2-4-10-22/h2-6,9-14,17,21H,7-8,15-16,18-19H2,1H3. The third-order valence-electron chi connectivity index (χ3n) is 6.42. The summed E-state index contributed by atoms with van der Waals surface area (Å²) in [6.45, 7) is 4.13. The number of fused-ring (bicyclic) bond motifs is 1. The van der Waals surface area contributed by atoms with Crippen LogP contribution >= 0.6 is 11.6 Å². The summed E-state index contributed by atoms with van der Waals surface area (Å²) in [5, 5.41) is 0.753. The van der Waals surface area contributed by atoms with Crippen LogP contribution in [0.15, 0.2) is 72.8 Å². The number of aryl methyl sites for hydroxylation is 2. The number of rotatable bonds is 8. The molecule has 3 aromatic carbocycles. The second-order valence-electron chi connectivity index (χ2n) is 8.82. The lowest BCUT2D eigenvalue weighted by atomic mass is 10.1. The van der Waals surface area contributed by atoms with Gasteiger partial charge >= 0.3 is 0 Å². The number of anilines is 1. The van der Waals surface area contributed by atoms with E-state index >= 15 is 0 Å². The van der Waals surface area contributed by atoms with Crippen molar-refractivity contribution < 1.29 is 9.53 Å². The van der Waals surface area contributed by atoms with Crippen LogP contribution in [0.5, 0.6) is 5.75 Å². The van der Waals surface area contributed by atoms with Crippen LogP contribution in [0, 0.1) is 6.92 Å². The lowest BCUT2D eigenvalue weighted by molar-refractivity contribution is -0.117. The molecule has 1 amide bonds. The predicted octanol–water partition coefficient (Wildman–Crippen LogP) is 6.38. The van der Waals surface area contributed by atoms with Gasteiger partial charge in [-0.25, -0.2) is 4.98 Å². The van der Waals surface area contributed by atoms with Crippen LogP contribution < -0.4 is 9.64 Å². The van der Waals surface area contributed by atoms with Crippen molar-refractivity contribution in [3.8, 4) is 5.75 Å². The Kier molecular flexibility index (Phi) is 6.54. The highest BCUT2D eigenvalue weighted by Gasteiger charge is 2.34. The van der Waals surface area contributed by atoms with Gasteiger partial charge in [0.05, 0.1) is 17.6 Å². The van der Waals surface area contributed by atoms with Crippen molar-refractivity contribution in [3.05, 3.63) is 89.2 Å². The lowest BCUT2D eigenvalue weighted by Gasteiger charge is -2.17. The maximum absolute atomic E-state index is 12.8. The molecule has 1 aromatic heterocycles. The third-order valence-corrected chi connectivity index (χ3v) is 6.84. The largest absolute Gasteiger partial charge is 0.494 e. The SMILES string of the molecule is Cc1cc(OCCCCn2c(C3CC(=O)N(c4ccccc4)C3)nc3ccccc32)ccc1Cl. The molecule has 5 nitrogen and oxygen atoms in total. The van der Waals surface area contributed by atoms with Gasteiger partial charge in [-0.05, 0) is 67.8 Å². The average molecular weight is 474 g/mol. The zero-order valence-corrected chi connectivity index (χ0v) is 20.0. The average Bonchev–Trinajstić information content (AvgIpc) is 3.42. The summed E-state index contributed by atoms with van der Waals surface area (Å²) < 4.78 is 8.22. The van der Waals surface area contributed by atoms with Gasteiger partial charge in [0.25, 0.3) is 0 Å². The number of ether oxygens (including phenoxy) is 1. The van der Waals surface area contributed by atoms with Gasteiger partial charge < -0.3 is 14.2 Å². The summed E-state index contributed by atoms with van der Waals surface area (Å²) in [5.74, 6) is 2.08. The number of halogens is 1. The van der Waals surface area contributed by atoms with E-state index in [0.29, 0.717) is 19.6 Å². The Morgan fingerprint density at radius 3 is 2.65 bits per heavy atom. The van der Waals surface area contributed by atoms with E-state index in [1.54, 1.807) is 0 Å². The molecule has 1 saturated heterocycles. The summed E-state index contributed by atoms with van der Waals surface area (Å²) in [6.07, 6.45) is 2.37. The Morgan fingerprint density at radius 1 is 1.03 bits per heavy atom. The van der Waals surface area contributed by atoms with Crippen molar-refractivity contribution in [1.82, 2.24) is 9.55 Å². The minimum absolute atomic E-state index is 0.0772. The smallest absolute Gasteiger partial charge is 0.227 e. The van der Waals surface area contributed by atoms with Crippen molar-refractivity contribution in [1.29, 1.82) is 0 Å². The van der Waals surface area contributed by atoms with Crippen molar-refractivity contribution >= 4 is 34.2 Å². The van der Waals surface area contributed by atoms with E-state index in [9.17, 15) is 4.79 Å². The maximum Gasteiger partial charge on any atom is 0.227 e. The highest BCUT2D eigenvalue weighted by molar-refractivity contribution is 6.31. The van der Waals surface area contributed by atoms with Crippen molar-refractivity contribution in [2.75, 3.05) is 18.1 Å². The molecule has 2 heterocycles. The van der Waals surface area contributed by atoms with Gasteiger partial charge in [0.1, 0.15) is 11.6 Å². The van der Waals surface area contributed by atoms with Gasteiger partial charge in [0.15, 0.2) is 0 Å². The maximum atomic E-state index is 12.8. The molecular weight excluding hydrogens is 446 g/mol. The Balaban J connectivity index is 1.28. The molecule has 4 aromatic rings. The van der Waals surface area contributed by atoms with Gasteiger partial charge in [-0.3, -0.25) is 4.79 Å². The zero-order valence-electron chi connectivity index (χ0n) is 19.3. The first kappa shape index (κ1) is 22.5. The molecule has 0 radical (unpaired) electrons. The van der Waals surface area contributed by atoms with Gasteiger partial charge in [-0.2, -0.15) is 0 Å².